The van der Waals surface area contributed by atoms with E-state index in [-0.39, 0.29) is 5.92 Å². The van der Waals surface area contributed by atoms with Gasteiger partial charge in [0.2, 0.25) is 0 Å². The smallest absolute Gasteiger partial charge is 0.334 e. The topological polar surface area (TPSA) is 53.4 Å². The minimum atomic E-state index is -0.892. The van der Waals surface area contributed by atoms with Crippen molar-refractivity contribution in [2.24, 2.45) is 0 Å². The van der Waals surface area contributed by atoms with Crippen molar-refractivity contribution in [3.8, 4) is 0 Å². The van der Waals surface area contributed by atoms with Crippen LogP contribution in [0.2, 0.25) is 0 Å². The lowest BCUT2D eigenvalue weighted by Gasteiger charge is -2.34. The van der Waals surface area contributed by atoms with Gasteiger partial charge < -0.3 is 10.0 Å². The molecule has 0 fully saturated rings. The Kier molecular flexibility index (Phi) is 4.21. The Morgan fingerprint density at radius 1 is 1.17 bits per heavy atom. The van der Waals surface area contributed by atoms with Gasteiger partial charge in [-0.15, -0.1) is 0 Å². The third-order valence-electron chi connectivity index (χ3n) is 4.33. The van der Waals surface area contributed by atoms with Gasteiger partial charge in [-0.25, -0.2) is 4.79 Å². The van der Waals surface area contributed by atoms with Gasteiger partial charge in [0.05, 0.1) is 17.5 Å². The number of hydrogen-bond acceptors (Lipinski definition) is 3. The van der Waals surface area contributed by atoms with E-state index in [4.69, 9.17) is 0 Å². The first-order chi connectivity index (χ1) is 11.5. The molecule has 0 spiro atoms. The number of allylic oxidation sites excluding steroid dienone is 3. The van der Waals surface area contributed by atoms with Gasteiger partial charge in [0.25, 0.3) is 0 Å². The fourth-order valence-electron chi connectivity index (χ4n) is 3.31. The maximum absolute atomic E-state index is 12.0. The first kappa shape index (κ1) is 16.0. The van der Waals surface area contributed by atoms with Crippen molar-refractivity contribution in [3.63, 3.8) is 0 Å². The number of rotatable bonds is 3. The molecule has 4 nitrogen and oxygen atoms in total. The van der Waals surface area contributed by atoms with Crippen LogP contribution in [0.4, 0.5) is 5.69 Å². The minimum Gasteiger partial charge on any atom is -0.478 e. The van der Waals surface area contributed by atoms with E-state index in [0.717, 1.165) is 28.2 Å². The van der Waals surface area contributed by atoms with Crippen LogP contribution in [0.15, 0.2) is 71.8 Å². The van der Waals surface area contributed by atoms with Crippen LogP contribution in [-0.2, 0) is 4.79 Å². The molecule has 3 rings (SSSR count). The molecule has 1 aliphatic rings. The molecule has 0 amide bonds. The highest BCUT2D eigenvalue weighted by molar-refractivity contribution is 5.92. The van der Waals surface area contributed by atoms with Gasteiger partial charge in [0, 0.05) is 23.5 Å². The number of carbonyl (C=O) groups is 1. The molecule has 122 valence electrons. The number of nitrogens with zero attached hydrogens (tertiary/aromatic N) is 2. The zero-order chi connectivity index (χ0) is 17.3. The monoisotopic (exact) mass is 320 g/mol. The summed E-state index contributed by atoms with van der Waals surface area (Å²) in [5.74, 6) is -1.15. The van der Waals surface area contributed by atoms with Crippen LogP contribution in [0.5, 0.6) is 0 Å². The summed E-state index contributed by atoms with van der Waals surface area (Å²) in [5, 5.41) is 9.83. The second kappa shape index (κ2) is 6.32. The number of benzene rings is 1. The molecule has 2 aromatic rings. The molecule has 1 unspecified atom stereocenters. The minimum absolute atomic E-state index is 0.254. The molecule has 0 radical (unpaired) electrons. The number of pyridine rings is 1. The van der Waals surface area contributed by atoms with Crippen molar-refractivity contribution in [2.75, 3.05) is 4.90 Å². The molecule has 0 saturated heterocycles. The molecule has 1 aromatic heterocycles. The van der Waals surface area contributed by atoms with Crippen molar-refractivity contribution in [2.45, 2.75) is 26.7 Å². The van der Waals surface area contributed by atoms with Crippen LogP contribution in [0.1, 0.15) is 30.9 Å². The first-order valence-corrected chi connectivity index (χ1v) is 7.88. The van der Waals surface area contributed by atoms with E-state index in [0.29, 0.717) is 5.57 Å². The van der Waals surface area contributed by atoms with Gasteiger partial charge >= 0.3 is 5.97 Å². The highest BCUT2D eigenvalue weighted by atomic mass is 16.4. The number of anilines is 1. The Labute approximate surface area is 141 Å². The molecule has 0 bridgehead atoms. The summed E-state index contributed by atoms with van der Waals surface area (Å²) in [4.78, 5) is 18.1. The summed E-state index contributed by atoms with van der Waals surface area (Å²) in [6.07, 6.45) is 5.46. The third-order valence-corrected chi connectivity index (χ3v) is 4.33. The van der Waals surface area contributed by atoms with Crippen molar-refractivity contribution in [1.29, 1.82) is 0 Å². The van der Waals surface area contributed by atoms with E-state index >= 15 is 0 Å². The summed E-state index contributed by atoms with van der Waals surface area (Å²) in [5.41, 5.74) is 5.10. The van der Waals surface area contributed by atoms with Crippen LogP contribution in [-0.4, -0.2) is 16.1 Å². The Bertz CT molecular complexity index is 838. The van der Waals surface area contributed by atoms with Gasteiger partial charge in [0.15, 0.2) is 0 Å². The van der Waals surface area contributed by atoms with E-state index in [2.05, 4.69) is 4.98 Å². The molecule has 1 atom stereocenters. The van der Waals surface area contributed by atoms with Gasteiger partial charge in [-0.1, -0.05) is 35.9 Å². The number of carboxylic acids is 1. The predicted octanol–water partition coefficient (Wildman–Crippen LogP) is 4.26. The summed E-state index contributed by atoms with van der Waals surface area (Å²) in [7, 11) is 0. The fraction of sp³-hybridized carbons (Fsp3) is 0.200. The van der Waals surface area contributed by atoms with E-state index in [1.54, 1.807) is 12.4 Å². The molecule has 24 heavy (non-hydrogen) atoms. The molecule has 1 aliphatic heterocycles. The standard InChI is InChI=1S/C20H20N2O2/c1-13-6-4-7-16(10-13)18-11-14(2)22(15(3)19(18)20(23)24)17-8-5-9-21-12-17/h4-12,18H,1-3H3,(H,23,24). The lowest BCUT2D eigenvalue weighted by molar-refractivity contribution is -0.132. The van der Waals surface area contributed by atoms with Gasteiger partial charge in [0.1, 0.15) is 0 Å². The lowest BCUT2D eigenvalue weighted by Crippen LogP contribution is -2.29. The molecule has 0 aliphatic carbocycles. The third kappa shape index (κ3) is 2.83. The second-order valence-electron chi connectivity index (χ2n) is 6.05. The second-order valence-corrected chi connectivity index (χ2v) is 6.05. The maximum Gasteiger partial charge on any atom is 0.334 e. The first-order valence-electron chi connectivity index (χ1n) is 7.88. The van der Waals surface area contributed by atoms with Gasteiger partial charge in [-0.3, -0.25) is 4.98 Å². The summed E-state index contributed by atoms with van der Waals surface area (Å²) >= 11 is 0. The van der Waals surface area contributed by atoms with Crippen molar-refractivity contribution < 1.29 is 9.90 Å². The fourth-order valence-corrected chi connectivity index (χ4v) is 3.31. The van der Waals surface area contributed by atoms with Crippen molar-refractivity contribution >= 4 is 11.7 Å². The zero-order valence-corrected chi connectivity index (χ0v) is 14.0. The van der Waals surface area contributed by atoms with E-state index in [9.17, 15) is 9.90 Å². The molecule has 2 heterocycles. The lowest BCUT2D eigenvalue weighted by atomic mass is 9.85. The zero-order valence-electron chi connectivity index (χ0n) is 14.0. The SMILES string of the molecule is CC1=CC(c2cccc(C)c2)C(C(=O)O)=C(C)N1c1cccnc1. The largest absolute Gasteiger partial charge is 0.478 e. The van der Waals surface area contributed by atoms with Crippen LogP contribution < -0.4 is 4.90 Å². The Morgan fingerprint density at radius 2 is 1.96 bits per heavy atom. The normalized spacial score (nSPS) is 17.7. The quantitative estimate of drug-likeness (QED) is 0.918. The Morgan fingerprint density at radius 3 is 2.58 bits per heavy atom. The number of aromatic nitrogens is 1. The van der Waals surface area contributed by atoms with Crippen LogP contribution in [0, 0.1) is 6.92 Å². The molecule has 1 N–H and O–H groups in total. The molecule has 0 saturated carbocycles. The molecule has 1 aromatic carbocycles. The Balaban J connectivity index is 2.14. The average molecular weight is 320 g/mol. The maximum atomic E-state index is 12.0. The highest BCUT2D eigenvalue weighted by Crippen LogP contribution is 2.38. The van der Waals surface area contributed by atoms with Crippen LogP contribution in [0.25, 0.3) is 0 Å². The summed E-state index contributed by atoms with van der Waals surface area (Å²) < 4.78 is 0. The molecular weight excluding hydrogens is 300 g/mol. The number of hydrogen-bond donors (Lipinski definition) is 1. The van der Waals surface area contributed by atoms with E-state index < -0.39 is 5.97 Å². The number of aliphatic carboxylic acids is 1. The highest BCUT2D eigenvalue weighted by Gasteiger charge is 2.31. The van der Waals surface area contributed by atoms with E-state index in [1.807, 2.05) is 68.1 Å². The van der Waals surface area contributed by atoms with Crippen LogP contribution in [0.3, 0.4) is 0 Å². The molecular formula is C20H20N2O2. The Hall–Kier alpha value is -2.88. The number of aryl methyl sites for hydroxylation is 1. The summed E-state index contributed by atoms with van der Waals surface area (Å²) in [6, 6.07) is 11.8. The van der Waals surface area contributed by atoms with Crippen LogP contribution >= 0.6 is 0 Å². The van der Waals surface area contributed by atoms with Crippen molar-refractivity contribution in [1.82, 2.24) is 4.98 Å². The summed E-state index contributed by atoms with van der Waals surface area (Å²) in [6.45, 7) is 5.87. The van der Waals surface area contributed by atoms with Crippen molar-refractivity contribution in [3.05, 3.63) is 83.0 Å². The molecule has 4 heteroatoms. The van der Waals surface area contributed by atoms with Gasteiger partial charge in [-0.05, 0) is 38.5 Å². The predicted molar refractivity (Wildman–Crippen MR) is 94.7 cm³/mol. The number of carboxylic acid groups (broad SMARTS) is 1. The van der Waals surface area contributed by atoms with E-state index in [1.165, 1.54) is 0 Å². The van der Waals surface area contributed by atoms with Gasteiger partial charge in [-0.2, -0.15) is 0 Å². The average Bonchev–Trinajstić information content (AvgIpc) is 2.55.